The molecule has 1 amide bonds. The van der Waals surface area contributed by atoms with Crippen LogP contribution in [0.15, 0.2) is 77.7 Å². The van der Waals surface area contributed by atoms with Gasteiger partial charge >= 0.3 is 0 Å². The molecule has 0 spiro atoms. The number of methoxy groups -OCH3 is 2. The maximum atomic E-state index is 13.5. The molecule has 3 aromatic carbocycles. The van der Waals surface area contributed by atoms with E-state index in [2.05, 4.69) is 5.32 Å². The molecular formula is C25H28N2O6S. The van der Waals surface area contributed by atoms with Crippen LogP contribution in [0.5, 0.6) is 17.2 Å². The van der Waals surface area contributed by atoms with E-state index in [0.29, 0.717) is 17.2 Å². The average Bonchev–Trinajstić information content (AvgIpc) is 2.85. The van der Waals surface area contributed by atoms with E-state index < -0.39 is 22.5 Å². The highest BCUT2D eigenvalue weighted by Gasteiger charge is 2.29. The largest absolute Gasteiger partial charge is 0.497 e. The van der Waals surface area contributed by atoms with E-state index in [-0.39, 0.29) is 23.7 Å². The lowest BCUT2D eigenvalue weighted by Gasteiger charge is -2.25. The van der Waals surface area contributed by atoms with Gasteiger partial charge in [0.25, 0.3) is 10.0 Å². The summed E-state index contributed by atoms with van der Waals surface area (Å²) in [6.07, 6.45) is 0. The van der Waals surface area contributed by atoms with Crippen molar-refractivity contribution < 1.29 is 27.4 Å². The van der Waals surface area contributed by atoms with Gasteiger partial charge in [0.2, 0.25) is 5.91 Å². The molecule has 0 heterocycles. The van der Waals surface area contributed by atoms with E-state index in [0.717, 1.165) is 9.87 Å². The van der Waals surface area contributed by atoms with Crippen molar-refractivity contribution in [3.05, 3.63) is 78.4 Å². The highest BCUT2D eigenvalue weighted by molar-refractivity contribution is 7.92. The highest BCUT2D eigenvalue weighted by Crippen LogP contribution is 2.32. The molecule has 0 aromatic heterocycles. The van der Waals surface area contributed by atoms with Gasteiger partial charge in [0, 0.05) is 6.07 Å². The quantitative estimate of drug-likeness (QED) is 0.419. The standard InChI is InChI=1S/C25H28N2O6S/c1-19-11-13-22(14-12-19)34(29,30)27(23-9-4-5-10-24(23)32-3)18-25(28)26-15-16-33-21-8-6-7-20(17-21)31-2/h4-14,17H,15-16,18H2,1-3H3,(H,26,28). The summed E-state index contributed by atoms with van der Waals surface area (Å²) in [6, 6.07) is 20.2. The maximum Gasteiger partial charge on any atom is 0.264 e. The third kappa shape index (κ3) is 6.20. The van der Waals surface area contributed by atoms with Crippen LogP contribution in [0.3, 0.4) is 0 Å². The lowest BCUT2D eigenvalue weighted by atomic mass is 10.2. The molecule has 0 saturated carbocycles. The maximum absolute atomic E-state index is 13.5. The molecule has 0 atom stereocenters. The van der Waals surface area contributed by atoms with Crippen LogP contribution in [0.25, 0.3) is 0 Å². The summed E-state index contributed by atoms with van der Waals surface area (Å²) in [7, 11) is -1.02. The molecule has 0 fully saturated rings. The van der Waals surface area contributed by atoms with Gasteiger partial charge in [-0.1, -0.05) is 35.9 Å². The second-order valence-corrected chi connectivity index (χ2v) is 9.24. The number of ether oxygens (including phenoxy) is 3. The molecule has 0 saturated heterocycles. The first-order chi connectivity index (χ1) is 16.3. The molecule has 1 N–H and O–H groups in total. The van der Waals surface area contributed by atoms with Gasteiger partial charge in [-0.15, -0.1) is 0 Å². The van der Waals surface area contributed by atoms with Crippen LogP contribution in [0.1, 0.15) is 5.56 Å². The van der Waals surface area contributed by atoms with Gasteiger partial charge in [0.15, 0.2) is 0 Å². The van der Waals surface area contributed by atoms with Crippen LogP contribution in [-0.2, 0) is 14.8 Å². The number of nitrogens with one attached hydrogen (secondary N) is 1. The number of aryl methyl sites for hydroxylation is 1. The Morgan fingerprint density at radius 3 is 2.32 bits per heavy atom. The first-order valence-electron chi connectivity index (χ1n) is 10.6. The number of anilines is 1. The van der Waals surface area contributed by atoms with Gasteiger partial charge in [0.1, 0.15) is 30.4 Å². The molecule has 34 heavy (non-hydrogen) atoms. The second kappa shape index (κ2) is 11.4. The molecule has 180 valence electrons. The highest BCUT2D eigenvalue weighted by atomic mass is 32.2. The summed E-state index contributed by atoms with van der Waals surface area (Å²) < 4.78 is 44.1. The number of nitrogens with zero attached hydrogens (tertiary/aromatic N) is 1. The van der Waals surface area contributed by atoms with Gasteiger partial charge in [-0.2, -0.15) is 0 Å². The van der Waals surface area contributed by atoms with Gasteiger partial charge in [-0.05, 0) is 43.3 Å². The van der Waals surface area contributed by atoms with E-state index in [9.17, 15) is 13.2 Å². The van der Waals surface area contributed by atoms with Crippen molar-refractivity contribution in [2.45, 2.75) is 11.8 Å². The number of carbonyl (C=O) groups is 1. The molecule has 9 heteroatoms. The lowest BCUT2D eigenvalue weighted by molar-refractivity contribution is -0.119. The van der Waals surface area contributed by atoms with Crippen molar-refractivity contribution in [1.29, 1.82) is 0 Å². The fourth-order valence-electron chi connectivity index (χ4n) is 3.21. The summed E-state index contributed by atoms with van der Waals surface area (Å²) in [6.45, 7) is 1.85. The van der Waals surface area contributed by atoms with E-state index in [1.165, 1.54) is 19.2 Å². The average molecular weight is 485 g/mol. The molecule has 0 aliphatic rings. The Kier molecular flexibility index (Phi) is 8.37. The van der Waals surface area contributed by atoms with Crippen LogP contribution in [0, 0.1) is 6.92 Å². The number of hydrogen-bond donors (Lipinski definition) is 1. The zero-order chi connectivity index (χ0) is 24.6. The second-order valence-electron chi connectivity index (χ2n) is 7.37. The number of para-hydroxylation sites is 2. The van der Waals surface area contributed by atoms with Crippen molar-refractivity contribution in [1.82, 2.24) is 5.32 Å². The minimum Gasteiger partial charge on any atom is -0.497 e. The molecule has 0 unspecified atom stereocenters. The minimum atomic E-state index is -4.03. The fourth-order valence-corrected chi connectivity index (χ4v) is 4.64. The van der Waals surface area contributed by atoms with E-state index in [1.807, 2.05) is 6.92 Å². The number of amides is 1. The van der Waals surface area contributed by atoms with Crippen LogP contribution >= 0.6 is 0 Å². The molecule has 0 radical (unpaired) electrons. The third-order valence-corrected chi connectivity index (χ3v) is 6.76. The summed E-state index contributed by atoms with van der Waals surface area (Å²) in [5, 5.41) is 2.71. The Morgan fingerprint density at radius 2 is 1.62 bits per heavy atom. The summed E-state index contributed by atoms with van der Waals surface area (Å²) in [4.78, 5) is 12.8. The summed E-state index contributed by atoms with van der Waals surface area (Å²) in [5.41, 5.74) is 1.20. The Bertz CT molecular complexity index is 1210. The number of rotatable bonds is 11. The van der Waals surface area contributed by atoms with Gasteiger partial charge in [-0.25, -0.2) is 8.42 Å². The Morgan fingerprint density at radius 1 is 0.912 bits per heavy atom. The first kappa shape index (κ1) is 24.9. The number of hydrogen-bond acceptors (Lipinski definition) is 6. The van der Waals surface area contributed by atoms with Gasteiger partial charge in [-0.3, -0.25) is 9.10 Å². The number of sulfonamides is 1. The third-order valence-electron chi connectivity index (χ3n) is 4.98. The van der Waals surface area contributed by atoms with Crippen molar-refractivity contribution in [2.75, 3.05) is 38.2 Å². The monoisotopic (exact) mass is 484 g/mol. The predicted molar refractivity (Wildman–Crippen MR) is 130 cm³/mol. The molecule has 0 aliphatic heterocycles. The van der Waals surface area contributed by atoms with Crippen LogP contribution in [0.2, 0.25) is 0 Å². The summed E-state index contributed by atoms with van der Waals surface area (Å²) >= 11 is 0. The Hall–Kier alpha value is -3.72. The molecule has 0 bridgehead atoms. The van der Waals surface area contributed by atoms with E-state index in [4.69, 9.17) is 14.2 Å². The summed E-state index contributed by atoms with van der Waals surface area (Å²) in [5.74, 6) is 1.13. The molecule has 0 aliphatic carbocycles. The minimum absolute atomic E-state index is 0.0816. The number of benzene rings is 3. The topological polar surface area (TPSA) is 94.2 Å². The van der Waals surface area contributed by atoms with Crippen LogP contribution < -0.4 is 23.8 Å². The van der Waals surface area contributed by atoms with E-state index >= 15 is 0 Å². The SMILES string of the molecule is COc1cccc(OCCNC(=O)CN(c2ccccc2OC)S(=O)(=O)c2ccc(C)cc2)c1. The van der Waals surface area contributed by atoms with Crippen molar-refractivity contribution in [3.8, 4) is 17.2 Å². The molecule has 8 nitrogen and oxygen atoms in total. The zero-order valence-corrected chi connectivity index (χ0v) is 20.2. The Balaban J connectivity index is 1.73. The Labute approximate surface area is 200 Å². The lowest BCUT2D eigenvalue weighted by Crippen LogP contribution is -2.42. The smallest absolute Gasteiger partial charge is 0.264 e. The zero-order valence-electron chi connectivity index (χ0n) is 19.4. The van der Waals surface area contributed by atoms with Crippen LogP contribution in [-0.4, -0.2) is 48.2 Å². The van der Waals surface area contributed by atoms with Crippen LogP contribution in [0.4, 0.5) is 5.69 Å². The van der Waals surface area contributed by atoms with E-state index in [1.54, 1.807) is 67.8 Å². The molecule has 3 aromatic rings. The van der Waals surface area contributed by atoms with Crippen molar-refractivity contribution in [3.63, 3.8) is 0 Å². The van der Waals surface area contributed by atoms with Gasteiger partial charge in [0.05, 0.1) is 31.3 Å². The normalized spacial score (nSPS) is 10.9. The van der Waals surface area contributed by atoms with Crippen molar-refractivity contribution >= 4 is 21.6 Å². The molecular weight excluding hydrogens is 456 g/mol. The molecule has 3 rings (SSSR count). The van der Waals surface area contributed by atoms with Crippen molar-refractivity contribution in [2.24, 2.45) is 0 Å². The first-order valence-corrected chi connectivity index (χ1v) is 12.0. The predicted octanol–water partition coefficient (Wildman–Crippen LogP) is 3.40. The fraction of sp³-hybridized carbons (Fsp3) is 0.240. The number of carbonyl (C=O) groups excluding carboxylic acids is 1. The van der Waals surface area contributed by atoms with Gasteiger partial charge < -0.3 is 19.5 Å².